The van der Waals surface area contributed by atoms with Gasteiger partial charge in [-0.2, -0.15) is 23.3 Å². The summed E-state index contributed by atoms with van der Waals surface area (Å²) in [5, 5.41) is 10.6. The van der Waals surface area contributed by atoms with Crippen LogP contribution in [0.3, 0.4) is 0 Å². The lowest BCUT2D eigenvalue weighted by Gasteiger charge is -2.20. The molecule has 0 atom stereocenters. The minimum atomic E-state index is -4.53. The van der Waals surface area contributed by atoms with Gasteiger partial charge >= 0.3 is 6.18 Å². The summed E-state index contributed by atoms with van der Waals surface area (Å²) in [6.07, 6.45) is 1.16. The quantitative estimate of drug-likeness (QED) is 0.849. The Morgan fingerprint density at radius 1 is 1.08 bits per heavy atom. The van der Waals surface area contributed by atoms with Gasteiger partial charge in [-0.05, 0) is 31.0 Å². The Kier molecular flexibility index (Phi) is 5.27. The summed E-state index contributed by atoms with van der Waals surface area (Å²) in [4.78, 5) is 6.33. The van der Waals surface area contributed by atoms with Gasteiger partial charge in [0.25, 0.3) is 0 Å². The Hall–Kier alpha value is -2.09. The van der Waals surface area contributed by atoms with Gasteiger partial charge in [0.2, 0.25) is 5.95 Å². The number of rotatable bonds is 3. The van der Waals surface area contributed by atoms with Crippen molar-refractivity contribution in [2.75, 3.05) is 23.3 Å². The van der Waals surface area contributed by atoms with Crippen LogP contribution in [0.1, 0.15) is 31.2 Å². The lowest BCUT2D eigenvalue weighted by Crippen LogP contribution is -2.26. The van der Waals surface area contributed by atoms with Crippen molar-refractivity contribution in [2.45, 2.75) is 31.9 Å². The zero-order valence-corrected chi connectivity index (χ0v) is 14.1. The van der Waals surface area contributed by atoms with E-state index in [0.29, 0.717) is 5.95 Å². The molecule has 0 bridgehead atoms. The van der Waals surface area contributed by atoms with Crippen LogP contribution in [0.25, 0.3) is 0 Å². The van der Waals surface area contributed by atoms with Crippen molar-refractivity contribution in [3.05, 3.63) is 35.0 Å². The van der Waals surface area contributed by atoms with Crippen molar-refractivity contribution in [3.63, 3.8) is 0 Å². The molecule has 1 aromatic heterocycles. The molecule has 2 aromatic rings. The van der Waals surface area contributed by atoms with Crippen molar-refractivity contribution in [3.8, 4) is 0 Å². The van der Waals surface area contributed by atoms with Crippen molar-refractivity contribution >= 4 is 29.1 Å². The van der Waals surface area contributed by atoms with E-state index in [9.17, 15) is 13.2 Å². The molecule has 134 valence electrons. The third-order valence-corrected chi connectivity index (χ3v) is 4.22. The van der Waals surface area contributed by atoms with Gasteiger partial charge in [-0.3, -0.25) is 0 Å². The Balaban J connectivity index is 1.85. The largest absolute Gasteiger partial charge is 0.418 e. The van der Waals surface area contributed by atoms with Gasteiger partial charge < -0.3 is 10.2 Å². The first-order valence-electron chi connectivity index (χ1n) is 8.02. The molecule has 3 rings (SSSR count). The molecule has 25 heavy (non-hydrogen) atoms. The van der Waals surface area contributed by atoms with Crippen molar-refractivity contribution in [2.24, 2.45) is 0 Å². The van der Waals surface area contributed by atoms with E-state index in [2.05, 4.69) is 20.5 Å². The van der Waals surface area contributed by atoms with Crippen LogP contribution in [0.5, 0.6) is 0 Å². The van der Waals surface area contributed by atoms with Gasteiger partial charge in [0, 0.05) is 18.1 Å². The topological polar surface area (TPSA) is 53.9 Å². The summed E-state index contributed by atoms with van der Waals surface area (Å²) in [5.41, 5.74) is -0.978. The molecule has 1 aliphatic rings. The molecule has 2 heterocycles. The fraction of sp³-hybridized carbons (Fsp3) is 0.438. The van der Waals surface area contributed by atoms with Crippen LogP contribution < -0.4 is 10.2 Å². The van der Waals surface area contributed by atoms with Crippen LogP contribution in [0.2, 0.25) is 5.02 Å². The minimum Gasteiger partial charge on any atom is -0.339 e. The highest BCUT2D eigenvalue weighted by Crippen LogP contribution is 2.37. The average molecular weight is 372 g/mol. The molecule has 0 amide bonds. The van der Waals surface area contributed by atoms with Crippen molar-refractivity contribution in [1.82, 2.24) is 15.2 Å². The van der Waals surface area contributed by atoms with E-state index >= 15 is 0 Å². The smallest absolute Gasteiger partial charge is 0.339 e. The van der Waals surface area contributed by atoms with E-state index in [-0.39, 0.29) is 16.5 Å². The van der Waals surface area contributed by atoms with Gasteiger partial charge in [0.1, 0.15) is 0 Å². The number of nitrogens with one attached hydrogen (secondary N) is 1. The summed E-state index contributed by atoms with van der Waals surface area (Å²) in [6, 6.07) is 3.55. The molecule has 0 radical (unpaired) electrons. The number of anilines is 3. The molecule has 0 unspecified atom stereocenters. The monoisotopic (exact) mass is 371 g/mol. The second-order valence-electron chi connectivity index (χ2n) is 5.86. The average Bonchev–Trinajstić information content (AvgIpc) is 2.85. The molecule has 1 fully saturated rings. The van der Waals surface area contributed by atoms with Gasteiger partial charge in [-0.25, -0.2) is 0 Å². The summed E-state index contributed by atoms with van der Waals surface area (Å²) in [5.74, 6) is 0.636. The Morgan fingerprint density at radius 3 is 2.48 bits per heavy atom. The standard InChI is InChI=1S/C16H17ClF3N5/c17-11-5-6-13(12(9-11)16(18,19)20)22-14-10-21-24-15(23-14)25-7-3-1-2-4-8-25/h5-6,9-10H,1-4,7-8H2,(H,22,23,24). The predicted molar refractivity (Wildman–Crippen MR) is 90.2 cm³/mol. The molecular weight excluding hydrogens is 355 g/mol. The number of hydrogen-bond acceptors (Lipinski definition) is 5. The summed E-state index contributed by atoms with van der Waals surface area (Å²) < 4.78 is 39.6. The third-order valence-electron chi connectivity index (χ3n) is 3.99. The molecule has 0 spiro atoms. The molecular formula is C16H17ClF3N5. The minimum absolute atomic E-state index is 0.0175. The number of benzene rings is 1. The second-order valence-corrected chi connectivity index (χ2v) is 6.29. The van der Waals surface area contributed by atoms with Gasteiger partial charge in [0.15, 0.2) is 5.82 Å². The maximum atomic E-state index is 13.2. The summed E-state index contributed by atoms with van der Waals surface area (Å²) >= 11 is 5.70. The van der Waals surface area contributed by atoms with E-state index in [1.54, 1.807) is 0 Å². The fourth-order valence-electron chi connectivity index (χ4n) is 2.76. The van der Waals surface area contributed by atoms with Crippen LogP contribution >= 0.6 is 11.6 Å². The highest BCUT2D eigenvalue weighted by molar-refractivity contribution is 6.30. The second kappa shape index (κ2) is 7.43. The highest BCUT2D eigenvalue weighted by atomic mass is 35.5. The lowest BCUT2D eigenvalue weighted by atomic mass is 10.1. The summed E-state index contributed by atoms with van der Waals surface area (Å²) in [6.45, 7) is 1.64. The number of hydrogen-bond donors (Lipinski definition) is 1. The fourth-order valence-corrected chi connectivity index (χ4v) is 2.93. The Morgan fingerprint density at radius 2 is 1.80 bits per heavy atom. The normalized spacial score (nSPS) is 15.8. The maximum Gasteiger partial charge on any atom is 0.418 e. The van der Waals surface area contributed by atoms with Crippen LogP contribution in [-0.4, -0.2) is 28.3 Å². The van der Waals surface area contributed by atoms with E-state index in [1.807, 2.05) is 4.90 Å². The van der Waals surface area contributed by atoms with Crippen LogP contribution in [0, 0.1) is 0 Å². The predicted octanol–water partition coefficient (Wildman–Crippen LogP) is 4.67. The molecule has 5 nitrogen and oxygen atoms in total. The maximum absolute atomic E-state index is 13.2. The molecule has 1 aromatic carbocycles. The van der Waals surface area contributed by atoms with Gasteiger partial charge in [0.05, 0.1) is 17.4 Å². The molecule has 0 aliphatic carbocycles. The van der Waals surface area contributed by atoms with E-state index in [4.69, 9.17) is 11.6 Å². The van der Waals surface area contributed by atoms with Gasteiger partial charge in [-0.1, -0.05) is 24.4 Å². The number of aromatic nitrogens is 3. The zero-order valence-electron chi connectivity index (χ0n) is 13.4. The molecule has 9 heteroatoms. The first kappa shape index (κ1) is 17.7. The van der Waals surface area contributed by atoms with E-state index in [1.165, 1.54) is 18.3 Å². The zero-order chi connectivity index (χ0) is 17.9. The van der Waals surface area contributed by atoms with Crippen LogP contribution in [-0.2, 0) is 6.18 Å². The van der Waals surface area contributed by atoms with Crippen LogP contribution in [0.15, 0.2) is 24.4 Å². The number of nitrogens with zero attached hydrogens (tertiary/aromatic N) is 4. The highest BCUT2D eigenvalue weighted by Gasteiger charge is 2.34. The summed E-state index contributed by atoms with van der Waals surface area (Å²) in [7, 11) is 0. The van der Waals surface area contributed by atoms with Crippen molar-refractivity contribution in [1.29, 1.82) is 0 Å². The third kappa shape index (κ3) is 4.50. The molecule has 1 aliphatic heterocycles. The first-order valence-corrected chi connectivity index (χ1v) is 8.40. The Labute approximate surface area is 148 Å². The molecule has 1 N–H and O–H groups in total. The van der Waals surface area contributed by atoms with Crippen molar-refractivity contribution < 1.29 is 13.2 Å². The van der Waals surface area contributed by atoms with Crippen LogP contribution in [0.4, 0.5) is 30.6 Å². The number of halogens is 4. The SMILES string of the molecule is FC(F)(F)c1cc(Cl)ccc1Nc1cnnc(N2CCCCCC2)n1. The van der Waals surface area contributed by atoms with Gasteiger partial charge in [-0.15, -0.1) is 5.10 Å². The number of alkyl halides is 3. The first-order chi connectivity index (χ1) is 11.9. The van der Waals surface area contributed by atoms with E-state index < -0.39 is 11.7 Å². The van der Waals surface area contributed by atoms with E-state index in [0.717, 1.165) is 44.8 Å². The molecule has 1 saturated heterocycles. The lowest BCUT2D eigenvalue weighted by molar-refractivity contribution is -0.136. The molecule has 0 saturated carbocycles. The Bertz CT molecular complexity index is 730.